The van der Waals surface area contributed by atoms with Crippen molar-refractivity contribution in [3.05, 3.63) is 82.8 Å². The minimum atomic E-state index is -1.15. The summed E-state index contributed by atoms with van der Waals surface area (Å²) in [5, 5.41) is 15.9. The molecule has 3 aliphatic rings. The lowest BCUT2D eigenvalue weighted by molar-refractivity contribution is -0.0299. The van der Waals surface area contributed by atoms with Gasteiger partial charge in [-0.25, -0.2) is 14.1 Å². The maximum absolute atomic E-state index is 13.3. The Kier molecular flexibility index (Phi) is 6.58. The number of halogens is 1. The highest BCUT2D eigenvalue weighted by atomic mass is 19.1. The number of rotatable bonds is 5. The number of carbonyl (C=O) groups is 1. The van der Waals surface area contributed by atoms with Crippen molar-refractivity contribution in [2.24, 2.45) is 0 Å². The van der Waals surface area contributed by atoms with Gasteiger partial charge in [0.1, 0.15) is 17.5 Å². The largest absolute Gasteiger partial charge is 0.388 e. The van der Waals surface area contributed by atoms with E-state index in [-0.39, 0.29) is 23.8 Å². The summed E-state index contributed by atoms with van der Waals surface area (Å²) in [5.41, 5.74) is 1.32. The van der Waals surface area contributed by atoms with Gasteiger partial charge < -0.3 is 19.8 Å². The molecule has 0 spiro atoms. The summed E-state index contributed by atoms with van der Waals surface area (Å²) in [6.45, 7) is 3.01. The predicted octanol–water partition coefficient (Wildman–Crippen LogP) is 2.67. The molecule has 0 saturated carbocycles. The maximum Gasteiger partial charge on any atom is 0.264 e. The van der Waals surface area contributed by atoms with E-state index in [1.54, 1.807) is 17.0 Å². The zero-order chi connectivity index (χ0) is 29.0. The number of anilines is 1. The number of hydrogen-bond acceptors (Lipinski definition) is 7. The fraction of sp³-hybridized carbons (Fsp3) is 0.419. The standard InChI is InChI=1S/C31H34FN7O3/c1-35-17-25-10-11-26(18-35)38(25)23-6-2-21(3-7-23)29(40)36-14-12-31(42,13-15-36)19-37-20-33-28-27(30(37)41)16-34-39(28)24-8-4-22(32)5-9-24/h2-9,16,20,25-26,42H,10-15,17-19H2,1H3. The molecule has 2 unspecified atom stereocenters. The summed E-state index contributed by atoms with van der Waals surface area (Å²) in [5.74, 6) is -0.407. The quantitative estimate of drug-likeness (QED) is 0.393. The topological polar surface area (TPSA) is 99.7 Å². The molecule has 218 valence electrons. The van der Waals surface area contributed by atoms with Crippen LogP contribution in [0.5, 0.6) is 0 Å². The highest BCUT2D eigenvalue weighted by Gasteiger charge is 2.39. The Morgan fingerprint density at radius 3 is 2.31 bits per heavy atom. The highest BCUT2D eigenvalue weighted by Crippen LogP contribution is 2.35. The van der Waals surface area contributed by atoms with E-state index in [1.807, 2.05) is 12.1 Å². The van der Waals surface area contributed by atoms with Crippen LogP contribution in [0, 0.1) is 5.82 Å². The molecule has 10 nitrogen and oxygen atoms in total. The van der Waals surface area contributed by atoms with E-state index < -0.39 is 5.60 Å². The van der Waals surface area contributed by atoms with E-state index in [2.05, 4.69) is 39.1 Å². The van der Waals surface area contributed by atoms with Gasteiger partial charge in [0.25, 0.3) is 11.5 Å². The van der Waals surface area contributed by atoms with Crippen LogP contribution in [0.3, 0.4) is 0 Å². The number of piperazine rings is 1. The molecule has 42 heavy (non-hydrogen) atoms. The van der Waals surface area contributed by atoms with E-state index in [9.17, 15) is 19.1 Å². The summed E-state index contributed by atoms with van der Waals surface area (Å²) in [7, 11) is 2.18. The van der Waals surface area contributed by atoms with Gasteiger partial charge in [0, 0.05) is 49.5 Å². The highest BCUT2D eigenvalue weighted by molar-refractivity contribution is 5.94. The number of hydrogen-bond donors (Lipinski definition) is 1. The molecule has 3 aliphatic heterocycles. The Morgan fingerprint density at radius 2 is 1.64 bits per heavy atom. The third-order valence-electron chi connectivity index (χ3n) is 9.15. The molecule has 1 N–H and O–H groups in total. The molecule has 2 aromatic carbocycles. The predicted molar refractivity (Wildman–Crippen MR) is 156 cm³/mol. The summed E-state index contributed by atoms with van der Waals surface area (Å²) < 4.78 is 16.2. The number of likely N-dealkylation sites (N-methyl/N-ethyl adjacent to an activating group) is 1. The van der Waals surface area contributed by atoms with E-state index in [0.717, 1.165) is 13.1 Å². The number of fused-ring (bicyclic) bond motifs is 3. The van der Waals surface area contributed by atoms with E-state index in [4.69, 9.17) is 0 Å². The molecule has 0 radical (unpaired) electrons. The molecule has 1 amide bonds. The van der Waals surface area contributed by atoms with Crippen molar-refractivity contribution in [3.63, 3.8) is 0 Å². The van der Waals surface area contributed by atoms with Crippen LogP contribution < -0.4 is 10.5 Å². The molecular formula is C31H34FN7O3. The van der Waals surface area contributed by atoms with Crippen LogP contribution in [0.2, 0.25) is 0 Å². The van der Waals surface area contributed by atoms with Crippen LogP contribution in [0.25, 0.3) is 16.7 Å². The minimum Gasteiger partial charge on any atom is -0.388 e. The number of benzene rings is 2. The molecule has 7 rings (SSSR count). The smallest absolute Gasteiger partial charge is 0.264 e. The second kappa shape index (κ2) is 10.3. The Labute approximate surface area is 242 Å². The number of aromatic nitrogens is 4. The van der Waals surface area contributed by atoms with Gasteiger partial charge in [-0.2, -0.15) is 5.10 Å². The first-order valence-corrected chi connectivity index (χ1v) is 14.6. The van der Waals surface area contributed by atoms with Gasteiger partial charge in [-0.1, -0.05) is 0 Å². The lowest BCUT2D eigenvalue weighted by atomic mass is 9.91. The Morgan fingerprint density at radius 1 is 1.00 bits per heavy atom. The molecule has 0 aliphatic carbocycles. The lowest BCUT2D eigenvalue weighted by Crippen LogP contribution is -2.52. The zero-order valence-corrected chi connectivity index (χ0v) is 23.6. The second-order valence-electron chi connectivity index (χ2n) is 12.0. The normalized spacial score (nSPS) is 22.2. The number of carbonyl (C=O) groups excluding carboxylic acids is 1. The van der Waals surface area contributed by atoms with Crippen molar-refractivity contribution in [2.75, 3.05) is 38.1 Å². The van der Waals surface area contributed by atoms with Gasteiger partial charge in [0.15, 0.2) is 5.65 Å². The molecular weight excluding hydrogens is 537 g/mol. The van der Waals surface area contributed by atoms with Crippen molar-refractivity contribution in [1.29, 1.82) is 0 Å². The van der Waals surface area contributed by atoms with Gasteiger partial charge in [-0.3, -0.25) is 14.2 Å². The van der Waals surface area contributed by atoms with Crippen LogP contribution in [-0.4, -0.2) is 91.1 Å². The fourth-order valence-corrected chi connectivity index (χ4v) is 6.93. The monoisotopic (exact) mass is 571 g/mol. The van der Waals surface area contributed by atoms with Crippen molar-refractivity contribution in [2.45, 2.75) is 49.9 Å². The first kappa shape index (κ1) is 26.8. The van der Waals surface area contributed by atoms with E-state index in [0.29, 0.717) is 60.3 Å². The fourth-order valence-electron chi connectivity index (χ4n) is 6.93. The molecule has 5 heterocycles. The molecule has 2 bridgehead atoms. The van der Waals surface area contributed by atoms with Crippen molar-refractivity contribution in [3.8, 4) is 5.69 Å². The zero-order valence-electron chi connectivity index (χ0n) is 23.6. The molecule has 3 fully saturated rings. The number of likely N-dealkylation sites (tertiary alicyclic amines) is 2. The Balaban J connectivity index is 1.01. The summed E-state index contributed by atoms with van der Waals surface area (Å²) >= 11 is 0. The Hall–Kier alpha value is -4.09. The van der Waals surface area contributed by atoms with Crippen molar-refractivity contribution >= 4 is 22.6 Å². The van der Waals surface area contributed by atoms with Gasteiger partial charge >= 0.3 is 0 Å². The third kappa shape index (κ3) is 4.76. The molecule has 3 saturated heterocycles. The van der Waals surface area contributed by atoms with Gasteiger partial charge in [0.2, 0.25) is 0 Å². The van der Waals surface area contributed by atoms with Crippen LogP contribution in [0.15, 0.2) is 65.8 Å². The number of nitrogens with zero attached hydrogens (tertiary/aromatic N) is 7. The summed E-state index contributed by atoms with van der Waals surface area (Å²) in [6.07, 6.45) is 5.97. The first-order valence-electron chi connectivity index (χ1n) is 14.6. The van der Waals surface area contributed by atoms with E-state index >= 15 is 0 Å². The summed E-state index contributed by atoms with van der Waals surface area (Å²) in [6, 6.07) is 14.8. The van der Waals surface area contributed by atoms with Gasteiger partial charge in [-0.15, -0.1) is 0 Å². The molecule has 11 heteroatoms. The van der Waals surface area contributed by atoms with Gasteiger partial charge in [-0.05, 0) is 81.3 Å². The number of aliphatic hydroxyl groups is 1. The van der Waals surface area contributed by atoms with Crippen LogP contribution in [0.4, 0.5) is 10.1 Å². The Bertz CT molecular complexity index is 1660. The average Bonchev–Trinajstić information content (AvgIpc) is 3.54. The lowest BCUT2D eigenvalue weighted by Gasteiger charge is -2.41. The number of piperidine rings is 1. The summed E-state index contributed by atoms with van der Waals surface area (Å²) in [4.78, 5) is 37.7. The molecule has 4 aromatic rings. The molecule has 2 atom stereocenters. The second-order valence-corrected chi connectivity index (χ2v) is 12.0. The van der Waals surface area contributed by atoms with Crippen LogP contribution in [0.1, 0.15) is 36.0 Å². The van der Waals surface area contributed by atoms with Crippen molar-refractivity contribution in [1.82, 2.24) is 29.1 Å². The maximum atomic E-state index is 13.3. The number of amides is 1. The van der Waals surface area contributed by atoms with E-state index in [1.165, 1.54) is 52.4 Å². The third-order valence-corrected chi connectivity index (χ3v) is 9.15. The SMILES string of the molecule is CN1CC2CCC(C1)N2c1ccc(C(=O)N2CCC(O)(Cn3cnc4c(cnn4-c4ccc(F)cc4)c3=O)CC2)cc1. The first-order chi connectivity index (χ1) is 20.3. The van der Waals surface area contributed by atoms with Crippen LogP contribution >= 0.6 is 0 Å². The van der Waals surface area contributed by atoms with Crippen molar-refractivity contribution < 1.29 is 14.3 Å². The van der Waals surface area contributed by atoms with Crippen LogP contribution in [-0.2, 0) is 6.54 Å². The average molecular weight is 572 g/mol. The molecule has 2 aromatic heterocycles. The van der Waals surface area contributed by atoms with Gasteiger partial charge in [0.05, 0.1) is 24.0 Å². The minimum absolute atomic E-state index is 0.0431.